The molecule has 0 aliphatic rings. The number of Topliss-reactive ketones (excluding diaryl/α,β-unsaturated/α-hetero) is 1. The molecule has 6 heteroatoms. The lowest BCUT2D eigenvalue weighted by molar-refractivity contribution is 0.0988. The molecule has 134 valence electrons. The van der Waals surface area contributed by atoms with Crippen molar-refractivity contribution in [2.45, 2.75) is 23.8 Å². The molecule has 1 unspecified atom stereocenters. The Morgan fingerprint density at radius 3 is 2.54 bits per heavy atom. The van der Waals surface area contributed by atoms with Crippen molar-refractivity contribution in [1.29, 1.82) is 0 Å². The van der Waals surface area contributed by atoms with Gasteiger partial charge in [0.25, 0.3) is 5.56 Å². The number of fused-ring (bicyclic) bond motifs is 1. The Bertz CT molecular complexity index is 996. The molecule has 3 aromatic rings. The Kier molecular flexibility index (Phi) is 5.42. The molecule has 1 aromatic heterocycles. The van der Waals surface area contributed by atoms with Gasteiger partial charge in [-0.15, -0.1) is 0 Å². The van der Waals surface area contributed by atoms with Gasteiger partial charge in [0, 0.05) is 12.6 Å². The third-order valence-electron chi connectivity index (χ3n) is 4.23. The molecule has 0 spiro atoms. The van der Waals surface area contributed by atoms with Crippen LogP contribution in [0.3, 0.4) is 0 Å². The summed E-state index contributed by atoms with van der Waals surface area (Å²) in [5.41, 5.74) is 1.16. The molecule has 5 nitrogen and oxygen atoms in total. The summed E-state index contributed by atoms with van der Waals surface area (Å²) in [6, 6.07) is 14.3. The largest absolute Gasteiger partial charge is 0.497 e. The van der Waals surface area contributed by atoms with Crippen LogP contribution in [-0.4, -0.2) is 27.7 Å². The van der Waals surface area contributed by atoms with Crippen LogP contribution >= 0.6 is 11.8 Å². The summed E-state index contributed by atoms with van der Waals surface area (Å²) >= 11 is 1.33. The van der Waals surface area contributed by atoms with Crippen LogP contribution in [0.4, 0.5) is 0 Å². The zero-order valence-electron chi connectivity index (χ0n) is 14.9. The average molecular weight is 368 g/mol. The van der Waals surface area contributed by atoms with E-state index >= 15 is 0 Å². The van der Waals surface area contributed by atoms with Gasteiger partial charge in [0.15, 0.2) is 10.9 Å². The summed E-state index contributed by atoms with van der Waals surface area (Å²) in [6.45, 7) is 1.96. The molecule has 0 radical (unpaired) electrons. The van der Waals surface area contributed by atoms with Gasteiger partial charge in [-0.2, -0.15) is 0 Å². The lowest BCUT2D eigenvalue weighted by Gasteiger charge is -2.15. The van der Waals surface area contributed by atoms with Gasteiger partial charge in [-0.3, -0.25) is 14.2 Å². The van der Waals surface area contributed by atoms with E-state index in [4.69, 9.17) is 4.74 Å². The highest BCUT2D eigenvalue weighted by Crippen LogP contribution is 2.27. The number of thioether (sulfide) groups is 1. The zero-order valence-corrected chi connectivity index (χ0v) is 15.7. The fourth-order valence-electron chi connectivity index (χ4n) is 2.69. The zero-order chi connectivity index (χ0) is 18.7. The van der Waals surface area contributed by atoms with E-state index in [1.807, 2.05) is 25.1 Å². The second kappa shape index (κ2) is 7.74. The van der Waals surface area contributed by atoms with Crippen molar-refractivity contribution in [3.05, 3.63) is 64.4 Å². The number of aromatic nitrogens is 2. The standard InChI is InChI=1S/C20H20N2O3S/c1-4-17(18(23)13-9-11-14(25-3)12-10-13)26-20-21-16-8-6-5-7-15(16)19(24)22(20)2/h5-12,17H,4H2,1-3H3. The van der Waals surface area contributed by atoms with E-state index in [0.717, 1.165) is 0 Å². The molecule has 0 fully saturated rings. The molecule has 3 rings (SSSR count). The van der Waals surface area contributed by atoms with Gasteiger partial charge in [-0.05, 0) is 42.8 Å². The highest BCUT2D eigenvalue weighted by Gasteiger charge is 2.22. The van der Waals surface area contributed by atoms with E-state index < -0.39 is 0 Å². The van der Waals surface area contributed by atoms with Crippen molar-refractivity contribution in [1.82, 2.24) is 9.55 Å². The first kappa shape index (κ1) is 18.2. The van der Waals surface area contributed by atoms with Crippen molar-refractivity contribution in [2.75, 3.05) is 7.11 Å². The van der Waals surface area contributed by atoms with Crippen molar-refractivity contribution >= 4 is 28.4 Å². The maximum absolute atomic E-state index is 12.9. The van der Waals surface area contributed by atoms with Gasteiger partial charge < -0.3 is 4.74 Å². The van der Waals surface area contributed by atoms with E-state index in [1.54, 1.807) is 44.5 Å². The van der Waals surface area contributed by atoms with Gasteiger partial charge >= 0.3 is 0 Å². The van der Waals surface area contributed by atoms with Crippen LogP contribution in [0.2, 0.25) is 0 Å². The van der Waals surface area contributed by atoms with Crippen molar-refractivity contribution in [3.63, 3.8) is 0 Å². The maximum atomic E-state index is 12.9. The first-order chi connectivity index (χ1) is 12.5. The second-order valence-corrected chi connectivity index (χ2v) is 7.05. The minimum absolute atomic E-state index is 0.0163. The number of carbonyl (C=O) groups excluding carboxylic acids is 1. The third-order valence-corrected chi connectivity index (χ3v) is 5.64. The van der Waals surface area contributed by atoms with Crippen molar-refractivity contribution in [3.8, 4) is 5.75 Å². The minimum Gasteiger partial charge on any atom is -0.497 e. The number of ether oxygens (including phenoxy) is 1. The summed E-state index contributed by atoms with van der Waals surface area (Å²) in [7, 11) is 3.28. The fourth-order valence-corrected chi connectivity index (χ4v) is 3.75. The Labute approximate surface area is 156 Å². The maximum Gasteiger partial charge on any atom is 0.261 e. The number of hydrogen-bond acceptors (Lipinski definition) is 5. The lowest BCUT2D eigenvalue weighted by Crippen LogP contribution is -2.23. The predicted octanol–water partition coefficient (Wildman–Crippen LogP) is 3.70. The van der Waals surface area contributed by atoms with Gasteiger partial charge in [0.2, 0.25) is 0 Å². The van der Waals surface area contributed by atoms with E-state index in [9.17, 15) is 9.59 Å². The molecule has 2 aromatic carbocycles. The van der Waals surface area contributed by atoms with Crippen LogP contribution in [0, 0.1) is 0 Å². The van der Waals surface area contributed by atoms with Crippen LogP contribution in [0.25, 0.3) is 10.9 Å². The van der Waals surface area contributed by atoms with E-state index in [-0.39, 0.29) is 16.6 Å². The van der Waals surface area contributed by atoms with Gasteiger partial charge in [-0.1, -0.05) is 30.8 Å². The number of hydrogen-bond donors (Lipinski definition) is 0. The Morgan fingerprint density at radius 1 is 1.19 bits per heavy atom. The van der Waals surface area contributed by atoms with E-state index in [1.165, 1.54) is 16.3 Å². The van der Waals surface area contributed by atoms with Crippen LogP contribution in [0.5, 0.6) is 5.75 Å². The van der Waals surface area contributed by atoms with Crippen molar-refractivity contribution in [2.24, 2.45) is 7.05 Å². The van der Waals surface area contributed by atoms with Crippen LogP contribution < -0.4 is 10.3 Å². The summed E-state index contributed by atoms with van der Waals surface area (Å²) in [5, 5.41) is 0.805. The highest BCUT2D eigenvalue weighted by atomic mass is 32.2. The molecule has 0 saturated carbocycles. The normalized spacial score (nSPS) is 12.1. The molecule has 0 saturated heterocycles. The molecule has 0 aliphatic heterocycles. The highest BCUT2D eigenvalue weighted by molar-refractivity contribution is 8.00. The van der Waals surface area contributed by atoms with Crippen LogP contribution in [-0.2, 0) is 7.05 Å². The summed E-state index contributed by atoms with van der Waals surface area (Å²) in [4.78, 5) is 30.0. The van der Waals surface area contributed by atoms with Gasteiger partial charge in [0.1, 0.15) is 5.75 Å². The number of carbonyl (C=O) groups is 1. The summed E-state index contributed by atoms with van der Waals surface area (Å²) in [5.74, 6) is 0.725. The van der Waals surface area contributed by atoms with E-state index in [0.29, 0.717) is 33.8 Å². The average Bonchev–Trinajstić information content (AvgIpc) is 2.69. The molecule has 0 amide bonds. The van der Waals surface area contributed by atoms with Gasteiger partial charge in [0.05, 0.1) is 23.3 Å². The van der Waals surface area contributed by atoms with Crippen LogP contribution in [0.15, 0.2) is 58.5 Å². The van der Waals surface area contributed by atoms with Crippen molar-refractivity contribution < 1.29 is 9.53 Å². The monoisotopic (exact) mass is 368 g/mol. The quantitative estimate of drug-likeness (QED) is 0.377. The van der Waals surface area contributed by atoms with E-state index in [2.05, 4.69) is 4.98 Å². The number of para-hydroxylation sites is 1. The number of ketones is 1. The fraction of sp³-hybridized carbons (Fsp3) is 0.250. The molecule has 1 heterocycles. The molecular weight excluding hydrogens is 348 g/mol. The smallest absolute Gasteiger partial charge is 0.261 e. The molecule has 1 atom stereocenters. The first-order valence-corrected chi connectivity index (χ1v) is 9.23. The number of benzene rings is 2. The first-order valence-electron chi connectivity index (χ1n) is 8.35. The lowest BCUT2D eigenvalue weighted by atomic mass is 10.1. The Balaban J connectivity index is 1.92. The third kappa shape index (κ3) is 3.51. The summed E-state index contributed by atoms with van der Waals surface area (Å²) in [6.07, 6.45) is 0.637. The SMILES string of the molecule is CCC(Sc1nc2ccccc2c(=O)n1C)C(=O)c1ccc(OC)cc1. The molecular formula is C20H20N2O3S. The molecule has 0 N–H and O–H groups in total. The number of methoxy groups -OCH3 is 1. The minimum atomic E-state index is -0.317. The molecule has 26 heavy (non-hydrogen) atoms. The summed E-state index contributed by atoms with van der Waals surface area (Å²) < 4.78 is 6.65. The topological polar surface area (TPSA) is 61.2 Å². The Hall–Kier alpha value is -2.60. The predicted molar refractivity (Wildman–Crippen MR) is 104 cm³/mol. The number of rotatable bonds is 6. The number of nitrogens with zero attached hydrogens (tertiary/aromatic N) is 2. The Morgan fingerprint density at radius 2 is 1.88 bits per heavy atom. The molecule has 0 aliphatic carbocycles. The van der Waals surface area contributed by atoms with Gasteiger partial charge in [-0.25, -0.2) is 4.98 Å². The van der Waals surface area contributed by atoms with Crippen LogP contribution in [0.1, 0.15) is 23.7 Å². The second-order valence-electron chi connectivity index (χ2n) is 5.88. The molecule has 0 bridgehead atoms.